The average molecular weight is 287 g/mol. The molecule has 0 amide bonds. The maximum absolute atomic E-state index is 6.01. The van der Waals surface area contributed by atoms with Crippen LogP contribution >= 0.6 is 27.5 Å². The lowest BCUT2D eigenvalue weighted by Gasteiger charge is -2.57. The van der Waals surface area contributed by atoms with Crippen LogP contribution < -0.4 is 4.90 Å². The van der Waals surface area contributed by atoms with Gasteiger partial charge in [0.25, 0.3) is 0 Å². The predicted octanol–water partition coefficient (Wildman–Crippen LogP) is 4.09. The Bertz CT molecular complexity index is 393. The van der Waals surface area contributed by atoms with Crippen LogP contribution in [0.5, 0.6) is 0 Å². The van der Waals surface area contributed by atoms with Crippen LogP contribution in [-0.4, -0.2) is 13.1 Å². The van der Waals surface area contributed by atoms with E-state index in [0.717, 1.165) is 9.50 Å². The third-order valence-corrected chi connectivity index (χ3v) is 4.62. The van der Waals surface area contributed by atoms with Crippen molar-refractivity contribution < 1.29 is 0 Å². The van der Waals surface area contributed by atoms with Gasteiger partial charge in [0.2, 0.25) is 0 Å². The van der Waals surface area contributed by atoms with Crippen LogP contribution in [0.4, 0.5) is 5.69 Å². The molecule has 1 nitrogen and oxygen atoms in total. The normalized spacial score (nSPS) is 22.4. The van der Waals surface area contributed by atoms with Crippen molar-refractivity contribution in [3.63, 3.8) is 0 Å². The Hall–Kier alpha value is -0.210. The molecule has 1 aromatic carbocycles. The Labute approximate surface area is 104 Å². The Morgan fingerprint density at radius 2 is 2.00 bits per heavy atom. The fraction of sp³-hybridized carbons (Fsp3) is 0.500. The van der Waals surface area contributed by atoms with Crippen LogP contribution in [-0.2, 0) is 0 Å². The van der Waals surface area contributed by atoms with Gasteiger partial charge in [-0.05, 0) is 47.0 Å². The second kappa shape index (κ2) is 3.39. The van der Waals surface area contributed by atoms with Crippen molar-refractivity contribution in [1.82, 2.24) is 0 Å². The first-order valence-electron chi connectivity index (χ1n) is 5.39. The third-order valence-electron chi connectivity index (χ3n) is 3.72. The number of rotatable bonds is 1. The molecule has 15 heavy (non-hydrogen) atoms. The van der Waals surface area contributed by atoms with Crippen LogP contribution in [0, 0.1) is 5.41 Å². The number of halogens is 2. The van der Waals surface area contributed by atoms with E-state index in [4.69, 9.17) is 11.6 Å². The highest BCUT2D eigenvalue weighted by molar-refractivity contribution is 9.10. The van der Waals surface area contributed by atoms with Crippen molar-refractivity contribution >= 4 is 33.2 Å². The van der Waals surface area contributed by atoms with Crippen molar-refractivity contribution in [2.75, 3.05) is 18.0 Å². The van der Waals surface area contributed by atoms with Crippen LogP contribution in [0.2, 0.25) is 5.02 Å². The highest BCUT2D eigenvalue weighted by Crippen LogP contribution is 2.50. The van der Waals surface area contributed by atoms with Crippen molar-refractivity contribution in [3.8, 4) is 0 Å². The van der Waals surface area contributed by atoms with E-state index >= 15 is 0 Å². The van der Waals surface area contributed by atoms with E-state index < -0.39 is 0 Å². The third kappa shape index (κ3) is 1.58. The second-order valence-electron chi connectivity index (χ2n) is 4.81. The maximum atomic E-state index is 6.01. The second-order valence-corrected chi connectivity index (χ2v) is 6.10. The Balaban J connectivity index is 1.80. The maximum Gasteiger partial charge on any atom is 0.0525 e. The molecule has 1 aliphatic carbocycles. The molecule has 0 atom stereocenters. The van der Waals surface area contributed by atoms with Gasteiger partial charge in [0.05, 0.1) is 5.69 Å². The molecule has 1 spiro atoms. The minimum Gasteiger partial charge on any atom is -0.369 e. The van der Waals surface area contributed by atoms with Gasteiger partial charge in [-0.3, -0.25) is 0 Å². The molecule has 0 radical (unpaired) electrons. The topological polar surface area (TPSA) is 3.24 Å². The monoisotopic (exact) mass is 285 g/mol. The van der Waals surface area contributed by atoms with Crippen molar-refractivity contribution in [3.05, 3.63) is 27.7 Å². The zero-order chi connectivity index (χ0) is 10.5. The molecule has 3 rings (SSSR count). The first-order valence-corrected chi connectivity index (χ1v) is 6.56. The van der Waals surface area contributed by atoms with E-state index in [-0.39, 0.29) is 0 Å². The molecule has 1 aromatic rings. The summed E-state index contributed by atoms with van der Waals surface area (Å²) in [5.74, 6) is 0. The summed E-state index contributed by atoms with van der Waals surface area (Å²) in [6.45, 7) is 2.43. The average Bonchev–Trinajstić information content (AvgIpc) is 2.06. The number of benzene rings is 1. The summed E-state index contributed by atoms with van der Waals surface area (Å²) in [5.41, 5.74) is 1.92. The lowest BCUT2D eigenvalue weighted by molar-refractivity contribution is 0.0903. The summed E-state index contributed by atoms with van der Waals surface area (Å²) in [5, 5.41) is 0.822. The summed E-state index contributed by atoms with van der Waals surface area (Å²) in [6.07, 6.45) is 4.26. The first-order chi connectivity index (χ1) is 7.19. The summed E-state index contributed by atoms with van der Waals surface area (Å²) in [4.78, 5) is 2.43. The van der Waals surface area contributed by atoms with E-state index in [1.165, 1.54) is 38.0 Å². The van der Waals surface area contributed by atoms with Gasteiger partial charge in [-0.1, -0.05) is 18.0 Å². The van der Waals surface area contributed by atoms with Gasteiger partial charge in [-0.15, -0.1) is 0 Å². The van der Waals surface area contributed by atoms with Crippen molar-refractivity contribution in [1.29, 1.82) is 0 Å². The zero-order valence-electron chi connectivity index (χ0n) is 8.47. The standard InChI is InChI=1S/C12H13BrClN/c13-10-3-2-9(14)6-11(10)15-7-12(8-15)4-1-5-12/h2-3,6H,1,4-5,7-8H2. The molecule has 1 saturated carbocycles. The van der Waals surface area contributed by atoms with Gasteiger partial charge in [0, 0.05) is 28.0 Å². The molecular formula is C12H13BrClN. The van der Waals surface area contributed by atoms with Gasteiger partial charge in [0.15, 0.2) is 0 Å². The molecule has 0 aromatic heterocycles. The van der Waals surface area contributed by atoms with Gasteiger partial charge in [-0.25, -0.2) is 0 Å². The van der Waals surface area contributed by atoms with Crippen molar-refractivity contribution in [2.45, 2.75) is 19.3 Å². The highest BCUT2D eigenvalue weighted by Gasteiger charge is 2.47. The number of anilines is 1. The molecule has 2 fully saturated rings. The molecule has 0 unspecified atom stereocenters. The Morgan fingerprint density at radius 3 is 2.60 bits per heavy atom. The fourth-order valence-corrected chi connectivity index (χ4v) is 3.32. The van der Waals surface area contributed by atoms with Crippen LogP contribution in [0.3, 0.4) is 0 Å². The quantitative estimate of drug-likeness (QED) is 0.751. The smallest absolute Gasteiger partial charge is 0.0525 e. The molecule has 0 bridgehead atoms. The van der Waals surface area contributed by atoms with Gasteiger partial charge in [-0.2, -0.15) is 0 Å². The molecular weight excluding hydrogens is 273 g/mol. The minimum atomic E-state index is 0.668. The van der Waals surface area contributed by atoms with Gasteiger partial charge >= 0.3 is 0 Å². The number of hydrogen-bond acceptors (Lipinski definition) is 1. The van der Waals surface area contributed by atoms with Crippen molar-refractivity contribution in [2.24, 2.45) is 5.41 Å². The van der Waals surface area contributed by atoms with Gasteiger partial charge < -0.3 is 4.90 Å². The summed E-state index contributed by atoms with van der Waals surface area (Å²) in [7, 11) is 0. The minimum absolute atomic E-state index is 0.668. The first kappa shape index (κ1) is 9.98. The summed E-state index contributed by atoms with van der Waals surface area (Å²) < 4.78 is 1.15. The molecule has 3 heteroatoms. The van der Waals surface area contributed by atoms with E-state index in [9.17, 15) is 0 Å². The van der Waals surface area contributed by atoms with Crippen LogP contribution in [0.15, 0.2) is 22.7 Å². The molecule has 2 aliphatic rings. The number of hydrogen-bond donors (Lipinski definition) is 0. The van der Waals surface area contributed by atoms with E-state index in [1.54, 1.807) is 0 Å². The summed E-state index contributed by atoms with van der Waals surface area (Å²) in [6, 6.07) is 6.01. The molecule has 80 valence electrons. The lowest BCUT2D eigenvalue weighted by Crippen LogP contribution is -2.59. The van der Waals surface area contributed by atoms with Crippen LogP contribution in [0.1, 0.15) is 19.3 Å². The molecule has 1 aliphatic heterocycles. The Morgan fingerprint density at radius 1 is 1.27 bits per heavy atom. The van der Waals surface area contributed by atoms with E-state index in [2.05, 4.69) is 26.9 Å². The Kier molecular flexibility index (Phi) is 2.26. The molecule has 0 N–H and O–H groups in total. The zero-order valence-corrected chi connectivity index (χ0v) is 10.8. The SMILES string of the molecule is Clc1ccc(Br)c(N2CC3(CCC3)C2)c1. The van der Waals surface area contributed by atoms with Gasteiger partial charge in [0.1, 0.15) is 0 Å². The predicted molar refractivity (Wildman–Crippen MR) is 67.6 cm³/mol. The summed E-state index contributed by atoms with van der Waals surface area (Å²) >= 11 is 9.60. The lowest BCUT2D eigenvalue weighted by atomic mass is 9.63. The molecule has 1 saturated heterocycles. The fourth-order valence-electron chi connectivity index (χ4n) is 2.65. The molecule has 1 heterocycles. The number of nitrogens with zero attached hydrogens (tertiary/aromatic N) is 1. The van der Waals surface area contributed by atoms with Crippen LogP contribution in [0.25, 0.3) is 0 Å². The highest BCUT2D eigenvalue weighted by atomic mass is 79.9. The van der Waals surface area contributed by atoms with E-state index in [1.807, 2.05) is 12.1 Å². The largest absolute Gasteiger partial charge is 0.369 e. The van der Waals surface area contributed by atoms with E-state index in [0.29, 0.717) is 5.41 Å².